The van der Waals surface area contributed by atoms with Crippen molar-refractivity contribution in [3.63, 3.8) is 0 Å². The number of benzene rings is 1. The van der Waals surface area contributed by atoms with Crippen LogP contribution in [0.2, 0.25) is 0 Å². The Labute approximate surface area is 109 Å². The lowest BCUT2D eigenvalue weighted by atomic mass is 10.0. The Kier molecular flexibility index (Phi) is 4.37. The van der Waals surface area contributed by atoms with Crippen LogP contribution in [0.15, 0.2) is 18.2 Å². The van der Waals surface area contributed by atoms with Crippen LogP contribution in [0.4, 0.5) is 0 Å². The monoisotopic (exact) mass is 247 g/mol. The van der Waals surface area contributed by atoms with Gasteiger partial charge in [0.05, 0.1) is 13.2 Å². The average Bonchev–Trinajstić information content (AvgIpc) is 2.38. The van der Waals surface area contributed by atoms with Crippen LogP contribution in [0.1, 0.15) is 23.1 Å². The van der Waals surface area contributed by atoms with E-state index in [1.807, 2.05) is 4.90 Å². The highest BCUT2D eigenvalue weighted by Gasteiger charge is 2.16. The van der Waals surface area contributed by atoms with Crippen LogP contribution in [-0.2, 0) is 16.0 Å². The zero-order valence-corrected chi connectivity index (χ0v) is 11.2. The Bertz CT molecular complexity index is 423. The summed E-state index contributed by atoms with van der Waals surface area (Å²) in [6.07, 6.45) is 1.44. The van der Waals surface area contributed by atoms with Crippen LogP contribution in [0.5, 0.6) is 0 Å². The van der Waals surface area contributed by atoms with Crippen LogP contribution < -0.4 is 0 Å². The molecule has 0 radical (unpaired) electrons. The van der Waals surface area contributed by atoms with Gasteiger partial charge in [-0.1, -0.05) is 23.8 Å². The van der Waals surface area contributed by atoms with Gasteiger partial charge in [-0.2, -0.15) is 0 Å². The van der Waals surface area contributed by atoms with Crippen LogP contribution in [0.25, 0.3) is 0 Å². The molecule has 0 spiro atoms. The molecule has 1 aliphatic rings. The van der Waals surface area contributed by atoms with E-state index >= 15 is 0 Å². The van der Waals surface area contributed by atoms with Gasteiger partial charge in [-0.25, -0.2) is 0 Å². The highest BCUT2D eigenvalue weighted by atomic mass is 16.5. The Hall–Kier alpha value is -1.35. The SMILES string of the molecule is Cc1ccc(CCC(=O)N2CCOCC2)c(C)c1. The first-order valence-corrected chi connectivity index (χ1v) is 6.58. The molecule has 1 heterocycles. The van der Waals surface area contributed by atoms with Crippen LogP contribution >= 0.6 is 0 Å². The molecule has 1 aromatic carbocycles. The minimum absolute atomic E-state index is 0.248. The molecule has 0 bridgehead atoms. The standard InChI is InChI=1S/C15H21NO2/c1-12-3-4-14(13(2)11-12)5-6-15(17)16-7-9-18-10-8-16/h3-4,11H,5-10H2,1-2H3. The number of nitrogens with zero attached hydrogens (tertiary/aromatic N) is 1. The van der Waals surface area contributed by atoms with Crippen LogP contribution in [-0.4, -0.2) is 37.1 Å². The number of carbonyl (C=O) groups is 1. The highest BCUT2D eigenvalue weighted by Crippen LogP contribution is 2.13. The summed E-state index contributed by atoms with van der Waals surface area (Å²) >= 11 is 0. The second-order valence-electron chi connectivity index (χ2n) is 4.92. The van der Waals surface area contributed by atoms with Crippen molar-refractivity contribution < 1.29 is 9.53 Å². The Morgan fingerprint density at radius 1 is 1.28 bits per heavy atom. The smallest absolute Gasteiger partial charge is 0.223 e. The maximum absolute atomic E-state index is 12.0. The van der Waals surface area contributed by atoms with Gasteiger partial charge >= 0.3 is 0 Å². The number of aryl methyl sites for hydroxylation is 3. The van der Waals surface area contributed by atoms with Gasteiger partial charge in [0, 0.05) is 19.5 Å². The molecular weight excluding hydrogens is 226 g/mol. The Morgan fingerprint density at radius 2 is 2.00 bits per heavy atom. The summed E-state index contributed by atoms with van der Waals surface area (Å²) < 4.78 is 5.25. The third-order valence-corrected chi connectivity index (χ3v) is 3.47. The third-order valence-electron chi connectivity index (χ3n) is 3.47. The predicted molar refractivity (Wildman–Crippen MR) is 71.6 cm³/mol. The summed E-state index contributed by atoms with van der Waals surface area (Å²) in [7, 11) is 0. The number of rotatable bonds is 3. The van der Waals surface area contributed by atoms with Crippen LogP contribution in [0.3, 0.4) is 0 Å². The average molecular weight is 247 g/mol. The first kappa shape index (κ1) is 13.1. The van der Waals surface area contributed by atoms with Gasteiger partial charge in [0.2, 0.25) is 5.91 Å². The van der Waals surface area contributed by atoms with Gasteiger partial charge in [0.1, 0.15) is 0 Å². The van der Waals surface area contributed by atoms with Gasteiger partial charge in [0.25, 0.3) is 0 Å². The maximum Gasteiger partial charge on any atom is 0.223 e. The molecule has 0 aliphatic carbocycles. The van der Waals surface area contributed by atoms with Gasteiger partial charge in [-0.15, -0.1) is 0 Å². The molecule has 1 aliphatic heterocycles. The summed E-state index contributed by atoms with van der Waals surface area (Å²) in [5, 5.41) is 0. The molecule has 98 valence electrons. The van der Waals surface area contributed by atoms with E-state index in [2.05, 4.69) is 32.0 Å². The normalized spacial score (nSPS) is 15.8. The lowest BCUT2D eigenvalue weighted by molar-refractivity contribution is -0.135. The first-order chi connectivity index (χ1) is 8.66. The largest absolute Gasteiger partial charge is 0.378 e. The minimum atomic E-state index is 0.248. The lowest BCUT2D eigenvalue weighted by Gasteiger charge is -2.27. The molecule has 0 saturated carbocycles. The number of hydrogen-bond donors (Lipinski definition) is 0. The maximum atomic E-state index is 12.0. The van der Waals surface area contributed by atoms with Crippen molar-refractivity contribution in [2.75, 3.05) is 26.3 Å². The molecule has 1 amide bonds. The Morgan fingerprint density at radius 3 is 2.67 bits per heavy atom. The van der Waals surface area contributed by atoms with Gasteiger partial charge < -0.3 is 9.64 Å². The quantitative estimate of drug-likeness (QED) is 0.818. The van der Waals surface area contributed by atoms with Crippen molar-refractivity contribution in [2.45, 2.75) is 26.7 Å². The van der Waals surface area contributed by atoms with Crippen LogP contribution in [0, 0.1) is 13.8 Å². The molecule has 18 heavy (non-hydrogen) atoms. The van der Waals surface area contributed by atoms with Crippen molar-refractivity contribution in [2.24, 2.45) is 0 Å². The first-order valence-electron chi connectivity index (χ1n) is 6.58. The Balaban J connectivity index is 1.88. The number of morpholine rings is 1. The predicted octanol–water partition coefficient (Wildman–Crippen LogP) is 2.09. The second-order valence-corrected chi connectivity index (χ2v) is 4.92. The molecule has 0 aromatic heterocycles. The van der Waals surface area contributed by atoms with E-state index in [1.54, 1.807) is 0 Å². The molecule has 3 heteroatoms. The van der Waals surface area contributed by atoms with Crippen molar-refractivity contribution in [1.82, 2.24) is 4.90 Å². The van der Waals surface area contributed by atoms with E-state index in [1.165, 1.54) is 16.7 Å². The summed E-state index contributed by atoms with van der Waals surface area (Å²) in [6.45, 7) is 7.04. The van der Waals surface area contributed by atoms with E-state index in [-0.39, 0.29) is 5.91 Å². The van der Waals surface area contributed by atoms with Crippen molar-refractivity contribution >= 4 is 5.91 Å². The van der Waals surface area contributed by atoms with E-state index in [4.69, 9.17) is 4.74 Å². The molecule has 1 fully saturated rings. The van der Waals surface area contributed by atoms with Gasteiger partial charge in [-0.05, 0) is 31.4 Å². The summed E-state index contributed by atoms with van der Waals surface area (Å²) in [6, 6.07) is 6.42. The molecule has 1 saturated heterocycles. The fourth-order valence-electron chi connectivity index (χ4n) is 2.34. The van der Waals surface area contributed by atoms with E-state index in [9.17, 15) is 4.79 Å². The summed E-state index contributed by atoms with van der Waals surface area (Å²) in [4.78, 5) is 13.9. The molecule has 0 N–H and O–H groups in total. The zero-order valence-electron chi connectivity index (χ0n) is 11.2. The van der Waals surface area contributed by atoms with Gasteiger partial charge in [0.15, 0.2) is 0 Å². The zero-order chi connectivity index (χ0) is 13.0. The number of amides is 1. The lowest BCUT2D eigenvalue weighted by Crippen LogP contribution is -2.40. The molecule has 0 atom stereocenters. The fraction of sp³-hybridized carbons (Fsp3) is 0.533. The summed E-state index contributed by atoms with van der Waals surface area (Å²) in [5.41, 5.74) is 3.84. The topological polar surface area (TPSA) is 29.5 Å². The van der Waals surface area contributed by atoms with Crippen molar-refractivity contribution in [1.29, 1.82) is 0 Å². The molecule has 3 nitrogen and oxygen atoms in total. The molecular formula is C15H21NO2. The van der Waals surface area contributed by atoms with Crippen molar-refractivity contribution in [3.8, 4) is 0 Å². The number of hydrogen-bond acceptors (Lipinski definition) is 2. The van der Waals surface area contributed by atoms with Gasteiger partial charge in [-0.3, -0.25) is 4.79 Å². The summed E-state index contributed by atoms with van der Waals surface area (Å²) in [5.74, 6) is 0.248. The minimum Gasteiger partial charge on any atom is -0.378 e. The molecule has 1 aromatic rings. The third kappa shape index (κ3) is 3.33. The highest BCUT2D eigenvalue weighted by molar-refractivity contribution is 5.76. The second kappa shape index (κ2) is 6.01. The number of carbonyl (C=O) groups excluding carboxylic acids is 1. The number of ether oxygens (including phenoxy) is 1. The fourth-order valence-corrected chi connectivity index (χ4v) is 2.34. The van der Waals surface area contributed by atoms with E-state index in [0.29, 0.717) is 19.6 Å². The van der Waals surface area contributed by atoms with E-state index in [0.717, 1.165) is 19.5 Å². The van der Waals surface area contributed by atoms with E-state index < -0.39 is 0 Å². The molecule has 0 unspecified atom stereocenters. The molecule has 2 rings (SSSR count). The van der Waals surface area contributed by atoms with Crippen molar-refractivity contribution in [3.05, 3.63) is 34.9 Å².